The van der Waals surface area contributed by atoms with E-state index in [9.17, 15) is 10.5 Å². The molecule has 11 heterocycles. The zero-order valence-electron chi connectivity index (χ0n) is 46.4. The second-order valence-electron chi connectivity index (χ2n) is 21.3. The standard InChI is InChI=1S/C27H26N6O3.C17H23BN2O4.C16H15ClN4O/c28-17-23-24(36-20-8-13-34-14-9-20)6-5-22(30-23)21-7-10-29-27-25(21)31-26(32-27)18-1-3-19(4-2-18)33-11-15-35-16-12-33;1-16(2)17(3,4)24-18(23-16)15-6-5-14(13(11-19)20-15)22-12-7-9-21-10-8-12;17-13-5-6-18-16-14(13)19-15(20-16)11-1-3-12(4-2-11)21-7-9-22-10-8-21/h1-7,10,20H,8-9,11-16H2,(H,29,31,32);5-6,12H,7-10H2,1-4H3;1-6H,7-10H2,(H,18,19,20). The lowest BCUT2D eigenvalue weighted by molar-refractivity contribution is 0.00578. The summed E-state index contributed by atoms with van der Waals surface area (Å²) in [4.78, 5) is 38.2. The molecule has 0 aliphatic carbocycles. The van der Waals surface area contributed by atoms with Crippen LogP contribution in [0.25, 0.3) is 56.4 Å². The minimum absolute atomic E-state index is 0.0379. The molecule has 5 aliphatic heterocycles. The Morgan fingerprint density at radius 3 is 1.50 bits per heavy atom. The maximum atomic E-state index is 9.74. The lowest BCUT2D eigenvalue weighted by Gasteiger charge is -2.32. The van der Waals surface area contributed by atoms with E-state index in [4.69, 9.17) is 54.3 Å². The van der Waals surface area contributed by atoms with Gasteiger partial charge in [-0.25, -0.2) is 29.9 Å². The molecular formula is C60H64BClN12O8. The lowest BCUT2D eigenvalue weighted by atomic mass is 9.84. The van der Waals surface area contributed by atoms with Gasteiger partial charge < -0.3 is 57.5 Å². The van der Waals surface area contributed by atoms with Crippen molar-refractivity contribution in [2.45, 2.75) is 76.8 Å². The maximum Gasteiger partial charge on any atom is 0.514 e. The summed E-state index contributed by atoms with van der Waals surface area (Å²) >= 11 is 6.15. The number of nitrogens with one attached hydrogen (secondary N) is 2. The van der Waals surface area contributed by atoms with Crippen LogP contribution in [0.2, 0.25) is 5.02 Å². The molecule has 0 amide bonds. The van der Waals surface area contributed by atoms with Crippen LogP contribution in [-0.4, -0.2) is 149 Å². The molecule has 2 N–H and O–H groups in total. The summed E-state index contributed by atoms with van der Waals surface area (Å²) in [7, 11) is -0.584. The van der Waals surface area contributed by atoms with Crippen LogP contribution >= 0.6 is 11.6 Å². The molecule has 0 bridgehead atoms. The van der Waals surface area contributed by atoms with Crippen molar-refractivity contribution in [3.05, 3.63) is 114 Å². The Kier molecular flexibility index (Phi) is 17.2. The van der Waals surface area contributed by atoms with Crippen LogP contribution < -0.4 is 24.9 Å². The molecule has 0 atom stereocenters. The number of imidazole rings is 2. The number of rotatable bonds is 10. The number of aromatic nitrogens is 8. The number of benzene rings is 2. The molecular weight excluding hydrogens is 1060 g/mol. The molecule has 0 saturated carbocycles. The molecule has 5 aliphatic rings. The summed E-state index contributed by atoms with van der Waals surface area (Å²) in [5.74, 6) is 2.52. The lowest BCUT2D eigenvalue weighted by Crippen LogP contribution is -2.41. The van der Waals surface area contributed by atoms with Crippen molar-refractivity contribution in [2.75, 3.05) is 88.8 Å². The predicted molar refractivity (Wildman–Crippen MR) is 311 cm³/mol. The van der Waals surface area contributed by atoms with Gasteiger partial charge in [-0.15, -0.1) is 0 Å². The minimum atomic E-state index is -0.584. The Labute approximate surface area is 481 Å². The normalized spacial score (nSPS) is 18.2. The zero-order valence-corrected chi connectivity index (χ0v) is 47.2. The highest BCUT2D eigenvalue weighted by molar-refractivity contribution is 6.61. The first-order valence-corrected chi connectivity index (χ1v) is 28.2. The van der Waals surface area contributed by atoms with Gasteiger partial charge in [0, 0.05) is 92.3 Å². The first kappa shape index (κ1) is 56.2. The van der Waals surface area contributed by atoms with Crippen molar-refractivity contribution < 1.29 is 37.7 Å². The van der Waals surface area contributed by atoms with Gasteiger partial charge in [0.1, 0.15) is 41.5 Å². The van der Waals surface area contributed by atoms with E-state index >= 15 is 0 Å². The van der Waals surface area contributed by atoms with Crippen LogP contribution in [0.4, 0.5) is 11.4 Å². The third-order valence-corrected chi connectivity index (χ3v) is 15.7. The second-order valence-corrected chi connectivity index (χ2v) is 21.7. The monoisotopic (exact) mass is 1130 g/mol. The highest BCUT2D eigenvalue weighted by Gasteiger charge is 2.52. The number of hydrogen-bond donors (Lipinski definition) is 2. The fourth-order valence-electron chi connectivity index (χ4n) is 10.0. The summed E-state index contributed by atoms with van der Waals surface area (Å²) < 4.78 is 45.5. The fourth-order valence-corrected chi connectivity index (χ4v) is 10.2. The average Bonchev–Trinajstić information content (AvgIpc) is 4.24. The molecule has 13 rings (SSSR count). The van der Waals surface area contributed by atoms with E-state index in [0.717, 1.165) is 118 Å². The smallest absolute Gasteiger partial charge is 0.487 e. The first-order valence-electron chi connectivity index (χ1n) is 27.8. The van der Waals surface area contributed by atoms with E-state index in [1.807, 2.05) is 45.9 Å². The quantitative estimate of drug-likeness (QED) is 0.122. The van der Waals surface area contributed by atoms with Crippen LogP contribution in [0.5, 0.6) is 11.5 Å². The Balaban J connectivity index is 0.000000135. The topological polar surface area (TPSA) is 237 Å². The summed E-state index contributed by atoms with van der Waals surface area (Å²) in [6.07, 6.45) is 6.74. The molecule has 422 valence electrons. The van der Waals surface area contributed by atoms with Crippen molar-refractivity contribution in [1.82, 2.24) is 39.9 Å². The number of aromatic amines is 2. The van der Waals surface area contributed by atoms with Gasteiger partial charge in [0.25, 0.3) is 0 Å². The SMILES string of the molecule is CC1(C)OB(c2ccc(OC3CCOCC3)c(C#N)n2)OC1(C)C.Clc1ccnc2nc(-c3ccc(N4CCOCC4)cc3)[nH]c12.N#Cc1nc(-c2ccnc3nc(-c4ccc(N5CCOCC5)cc4)[nH]c23)ccc1OC1CCOCC1. The molecule has 0 unspecified atom stereocenters. The van der Waals surface area contributed by atoms with Crippen LogP contribution in [-0.2, 0) is 28.3 Å². The number of H-pyrrole nitrogens is 2. The van der Waals surface area contributed by atoms with Gasteiger partial charge in [0.2, 0.25) is 0 Å². The molecule has 6 aromatic heterocycles. The Hall–Kier alpha value is -7.73. The highest BCUT2D eigenvalue weighted by atomic mass is 35.5. The minimum Gasteiger partial charge on any atom is -0.487 e. The summed E-state index contributed by atoms with van der Waals surface area (Å²) in [5, 5.41) is 19.8. The number of nitriles is 2. The number of morpholine rings is 2. The van der Waals surface area contributed by atoms with E-state index in [0.29, 0.717) is 65.5 Å². The predicted octanol–water partition coefficient (Wildman–Crippen LogP) is 8.88. The van der Waals surface area contributed by atoms with Gasteiger partial charge in [-0.3, -0.25) is 0 Å². The number of fused-ring (bicyclic) bond motifs is 2. The number of nitrogens with zero attached hydrogens (tertiary/aromatic N) is 10. The number of halogens is 1. The van der Waals surface area contributed by atoms with Crippen LogP contribution in [0.3, 0.4) is 0 Å². The number of ether oxygens (including phenoxy) is 6. The Morgan fingerprint density at radius 1 is 0.549 bits per heavy atom. The van der Waals surface area contributed by atoms with Gasteiger partial charge in [0.05, 0.1) is 85.9 Å². The number of hydrogen-bond acceptors (Lipinski definition) is 18. The summed E-state index contributed by atoms with van der Waals surface area (Å²) in [6, 6.07) is 31.9. The molecule has 0 spiro atoms. The molecule has 0 radical (unpaired) electrons. The Morgan fingerprint density at radius 2 is 1.00 bits per heavy atom. The van der Waals surface area contributed by atoms with Crippen molar-refractivity contribution in [3.8, 4) is 57.7 Å². The molecule has 2 aromatic carbocycles. The summed E-state index contributed by atoms with van der Waals surface area (Å²) in [5.41, 5.74) is 8.89. The fraction of sp³-hybridized carbons (Fsp3) is 0.400. The molecule has 82 heavy (non-hydrogen) atoms. The van der Waals surface area contributed by atoms with Crippen LogP contribution in [0.1, 0.15) is 64.8 Å². The third-order valence-electron chi connectivity index (χ3n) is 15.4. The molecule has 8 aromatic rings. The van der Waals surface area contributed by atoms with Crippen LogP contribution in [0.15, 0.2) is 97.3 Å². The van der Waals surface area contributed by atoms with E-state index in [1.165, 1.54) is 11.4 Å². The van der Waals surface area contributed by atoms with Crippen molar-refractivity contribution in [2.24, 2.45) is 0 Å². The molecule has 22 heteroatoms. The second kappa shape index (κ2) is 25.2. The van der Waals surface area contributed by atoms with Gasteiger partial charge in [-0.1, -0.05) is 11.6 Å². The van der Waals surface area contributed by atoms with Gasteiger partial charge >= 0.3 is 7.12 Å². The van der Waals surface area contributed by atoms with E-state index in [2.05, 4.69) is 105 Å². The van der Waals surface area contributed by atoms with Gasteiger partial charge in [-0.05, 0) is 113 Å². The van der Waals surface area contributed by atoms with Crippen LogP contribution in [0, 0.1) is 22.7 Å². The van der Waals surface area contributed by atoms with E-state index < -0.39 is 18.3 Å². The maximum absolute atomic E-state index is 9.74. The molecule has 5 fully saturated rings. The average molecular weight is 1130 g/mol. The number of anilines is 2. The van der Waals surface area contributed by atoms with Crippen molar-refractivity contribution >= 4 is 58.0 Å². The first-order chi connectivity index (χ1) is 39.9. The van der Waals surface area contributed by atoms with E-state index in [-0.39, 0.29) is 23.6 Å². The van der Waals surface area contributed by atoms with Gasteiger partial charge in [0.15, 0.2) is 34.2 Å². The Bertz CT molecular complexity index is 3550. The van der Waals surface area contributed by atoms with Crippen molar-refractivity contribution in [1.29, 1.82) is 10.5 Å². The zero-order chi connectivity index (χ0) is 56.6. The highest BCUT2D eigenvalue weighted by Crippen LogP contribution is 2.37. The van der Waals surface area contributed by atoms with E-state index in [1.54, 1.807) is 30.6 Å². The molecule has 5 saturated heterocycles. The summed E-state index contributed by atoms with van der Waals surface area (Å²) in [6.45, 7) is 17.4. The largest absolute Gasteiger partial charge is 0.514 e. The number of pyridine rings is 4. The van der Waals surface area contributed by atoms with Crippen molar-refractivity contribution in [3.63, 3.8) is 0 Å². The molecule has 20 nitrogen and oxygen atoms in total. The third kappa shape index (κ3) is 12.8. The van der Waals surface area contributed by atoms with Gasteiger partial charge in [-0.2, -0.15) is 10.5 Å².